The third-order valence-electron chi connectivity index (χ3n) is 5.44. The first kappa shape index (κ1) is 18.2. The second kappa shape index (κ2) is 7.25. The van der Waals surface area contributed by atoms with Crippen LogP contribution in [-0.2, 0) is 0 Å². The summed E-state index contributed by atoms with van der Waals surface area (Å²) in [5.74, 6) is 1.90. The fourth-order valence-electron chi connectivity index (χ4n) is 4.15. The molecule has 0 saturated carbocycles. The fraction of sp³-hybridized carbons (Fsp3) is 0.0800. The van der Waals surface area contributed by atoms with Gasteiger partial charge in [0, 0.05) is 22.9 Å². The lowest BCUT2D eigenvalue weighted by Gasteiger charge is -2.07. The highest BCUT2D eigenvalue weighted by Crippen LogP contribution is 2.33. The molecule has 0 unspecified atom stereocenters. The molecule has 6 aromatic rings. The van der Waals surface area contributed by atoms with Crippen LogP contribution >= 0.6 is 11.8 Å². The number of aromatic nitrogens is 5. The molecule has 0 fully saturated rings. The molecular formula is C25H19N5S. The lowest BCUT2D eigenvalue weighted by Crippen LogP contribution is -1.97. The van der Waals surface area contributed by atoms with E-state index in [1.165, 1.54) is 4.90 Å². The van der Waals surface area contributed by atoms with Crippen molar-refractivity contribution in [3.63, 3.8) is 0 Å². The molecule has 0 radical (unpaired) electrons. The first-order valence-electron chi connectivity index (χ1n) is 10.3. The van der Waals surface area contributed by atoms with E-state index in [0.29, 0.717) is 0 Å². The maximum Gasteiger partial charge on any atom is 0.220 e. The summed E-state index contributed by atoms with van der Waals surface area (Å²) in [5, 5.41) is 0. The van der Waals surface area contributed by atoms with Crippen molar-refractivity contribution in [3.05, 3.63) is 85.3 Å². The largest absolute Gasteiger partial charge is 0.277 e. The van der Waals surface area contributed by atoms with Gasteiger partial charge in [0.15, 0.2) is 0 Å². The Morgan fingerprint density at radius 1 is 0.871 bits per heavy atom. The molecule has 4 aromatic heterocycles. The van der Waals surface area contributed by atoms with Crippen LogP contribution in [0.4, 0.5) is 0 Å². The van der Waals surface area contributed by atoms with Crippen LogP contribution in [0.1, 0.15) is 6.92 Å². The van der Waals surface area contributed by atoms with Gasteiger partial charge in [-0.3, -0.25) is 18.9 Å². The van der Waals surface area contributed by atoms with Crippen LogP contribution in [0, 0.1) is 0 Å². The Hall–Kier alpha value is -3.64. The number of nitrogens with zero attached hydrogens (tertiary/aromatic N) is 5. The van der Waals surface area contributed by atoms with Crippen molar-refractivity contribution < 1.29 is 0 Å². The maximum atomic E-state index is 5.11. The van der Waals surface area contributed by atoms with Gasteiger partial charge >= 0.3 is 0 Å². The quantitative estimate of drug-likeness (QED) is 0.328. The zero-order valence-electron chi connectivity index (χ0n) is 16.9. The molecule has 0 aliphatic heterocycles. The van der Waals surface area contributed by atoms with Crippen molar-refractivity contribution in [2.45, 2.75) is 11.8 Å². The first-order chi connectivity index (χ1) is 15.3. The average Bonchev–Trinajstić information content (AvgIpc) is 3.35. The standard InChI is InChI=1S/C25H19N5S/c1-2-31-23-12-7-11-22-24(23)28-25-29(20-9-3-4-10-21(20)30(22)25)18-14-17(15-26-16-18)19-8-5-6-13-27-19/h3-16H,2H2,1H3. The third-order valence-corrected chi connectivity index (χ3v) is 6.37. The summed E-state index contributed by atoms with van der Waals surface area (Å²) < 4.78 is 4.44. The molecule has 5 nitrogen and oxygen atoms in total. The number of rotatable bonds is 4. The van der Waals surface area contributed by atoms with Crippen LogP contribution in [0.15, 0.2) is 90.2 Å². The van der Waals surface area contributed by atoms with Crippen LogP contribution in [0.5, 0.6) is 0 Å². The van der Waals surface area contributed by atoms with Crippen LogP contribution in [0.2, 0.25) is 0 Å². The van der Waals surface area contributed by atoms with E-state index < -0.39 is 0 Å². The predicted octanol–water partition coefficient (Wildman–Crippen LogP) is 6.00. The summed E-state index contributed by atoms with van der Waals surface area (Å²) in [6.07, 6.45) is 5.55. The monoisotopic (exact) mass is 421 g/mol. The summed E-state index contributed by atoms with van der Waals surface area (Å²) in [5.41, 5.74) is 7.23. The number of pyridine rings is 2. The zero-order valence-corrected chi connectivity index (χ0v) is 17.8. The van der Waals surface area contributed by atoms with Crippen molar-refractivity contribution in [2.24, 2.45) is 0 Å². The van der Waals surface area contributed by atoms with E-state index in [1.807, 2.05) is 42.4 Å². The van der Waals surface area contributed by atoms with Crippen LogP contribution in [0.3, 0.4) is 0 Å². The summed E-state index contributed by atoms with van der Waals surface area (Å²) in [4.78, 5) is 15.3. The Kier molecular flexibility index (Phi) is 4.25. The summed E-state index contributed by atoms with van der Waals surface area (Å²) in [7, 11) is 0. The van der Waals surface area contributed by atoms with Crippen molar-refractivity contribution >= 4 is 39.6 Å². The van der Waals surface area contributed by atoms with Gasteiger partial charge in [0.2, 0.25) is 5.78 Å². The molecule has 0 N–H and O–H groups in total. The molecule has 6 rings (SSSR count). The minimum absolute atomic E-state index is 0.889. The summed E-state index contributed by atoms with van der Waals surface area (Å²) >= 11 is 1.82. The lowest BCUT2D eigenvalue weighted by molar-refractivity contribution is 1.09. The van der Waals surface area contributed by atoms with Gasteiger partial charge in [-0.2, -0.15) is 0 Å². The first-order valence-corrected chi connectivity index (χ1v) is 11.2. The lowest BCUT2D eigenvalue weighted by atomic mass is 10.2. The van der Waals surface area contributed by atoms with Gasteiger partial charge in [0.25, 0.3) is 0 Å². The molecule has 0 amide bonds. The highest BCUT2D eigenvalue weighted by atomic mass is 32.2. The van der Waals surface area contributed by atoms with Gasteiger partial charge < -0.3 is 0 Å². The molecule has 150 valence electrons. The maximum absolute atomic E-state index is 5.11. The highest BCUT2D eigenvalue weighted by molar-refractivity contribution is 7.99. The molecule has 0 saturated heterocycles. The predicted molar refractivity (Wildman–Crippen MR) is 127 cm³/mol. The van der Waals surface area contributed by atoms with E-state index in [1.54, 1.807) is 6.20 Å². The summed E-state index contributed by atoms with van der Waals surface area (Å²) in [6.45, 7) is 2.17. The molecule has 2 aromatic carbocycles. The SMILES string of the molecule is CCSc1cccc2c1nc1n(-c3cncc(-c4ccccn4)c3)c3ccccc3n21. The molecule has 31 heavy (non-hydrogen) atoms. The smallest absolute Gasteiger partial charge is 0.220 e. The Balaban J connectivity index is 1.68. The second-order valence-electron chi connectivity index (χ2n) is 7.28. The van der Waals surface area contributed by atoms with E-state index in [2.05, 4.69) is 74.4 Å². The minimum atomic E-state index is 0.889. The molecule has 6 heteroatoms. The molecule has 0 spiro atoms. The number of para-hydroxylation sites is 3. The van der Waals surface area contributed by atoms with Crippen molar-refractivity contribution in [3.8, 4) is 16.9 Å². The summed E-state index contributed by atoms with van der Waals surface area (Å²) in [6, 6.07) is 22.9. The van der Waals surface area contributed by atoms with Crippen LogP contribution in [-0.4, -0.2) is 29.7 Å². The normalized spacial score (nSPS) is 11.6. The Morgan fingerprint density at radius 2 is 1.71 bits per heavy atom. The van der Waals surface area contributed by atoms with E-state index in [4.69, 9.17) is 4.98 Å². The van der Waals surface area contributed by atoms with E-state index in [0.717, 1.165) is 50.5 Å². The van der Waals surface area contributed by atoms with Gasteiger partial charge in [0.1, 0.15) is 5.52 Å². The van der Waals surface area contributed by atoms with Gasteiger partial charge in [-0.25, -0.2) is 4.98 Å². The topological polar surface area (TPSA) is 48.0 Å². The molecule has 0 aliphatic rings. The van der Waals surface area contributed by atoms with Crippen molar-refractivity contribution in [1.82, 2.24) is 23.9 Å². The molecular weight excluding hydrogens is 402 g/mol. The minimum Gasteiger partial charge on any atom is -0.277 e. The van der Waals surface area contributed by atoms with E-state index in [9.17, 15) is 0 Å². The average molecular weight is 422 g/mol. The second-order valence-corrected chi connectivity index (χ2v) is 8.58. The van der Waals surface area contributed by atoms with Crippen molar-refractivity contribution in [2.75, 3.05) is 5.75 Å². The number of thioether (sulfide) groups is 1. The highest BCUT2D eigenvalue weighted by Gasteiger charge is 2.19. The van der Waals surface area contributed by atoms with Gasteiger partial charge in [-0.05, 0) is 48.2 Å². The number of hydrogen-bond acceptors (Lipinski definition) is 4. The Labute approximate surface area is 183 Å². The number of hydrogen-bond donors (Lipinski definition) is 0. The van der Waals surface area contributed by atoms with Crippen molar-refractivity contribution in [1.29, 1.82) is 0 Å². The van der Waals surface area contributed by atoms with E-state index in [-0.39, 0.29) is 0 Å². The molecule has 4 heterocycles. The van der Waals surface area contributed by atoms with Gasteiger partial charge in [-0.1, -0.05) is 31.2 Å². The van der Waals surface area contributed by atoms with Gasteiger partial charge in [-0.15, -0.1) is 11.8 Å². The fourth-order valence-corrected chi connectivity index (χ4v) is 4.92. The third kappa shape index (κ3) is 2.83. The number of fused-ring (bicyclic) bond motifs is 5. The number of benzene rings is 2. The molecule has 0 atom stereocenters. The van der Waals surface area contributed by atoms with Crippen LogP contribution in [0.25, 0.3) is 44.8 Å². The Morgan fingerprint density at radius 3 is 2.55 bits per heavy atom. The molecule has 0 bridgehead atoms. The van der Waals surface area contributed by atoms with Crippen LogP contribution < -0.4 is 0 Å². The Bertz CT molecular complexity index is 1550. The zero-order chi connectivity index (χ0) is 20.8. The molecule has 0 aliphatic carbocycles. The number of imidazole rings is 2. The van der Waals surface area contributed by atoms with E-state index >= 15 is 0 Å². The van der Waals surface area contributed by atoms with Gasteiger partial charge in [0.05, 0.1) is 34.1 Å².